The van der Waals surface area contributed by atoms with Crippen LogP contribution < -0.4 is 9.62 Å². The van der Waals surface area contributed by atoms with Crippen molar-refractivity contribution in [1.29, 1.82) is 0 Å². The number of carbonyl (C=O) groups excluding carboxylic acids is 2. The molecule has 39 heavy (non-hydrogen) atoms. The highest BCUT2D eigenvalue weighted by Crippen LogP contribution is 2.23. The summed E-state index contributed by atoms with van der Waals surface area (Å²) < 4.78 is 26.8. The number of hydrogen-bond donors (Lipinski definition) is 1. The maximum Gasteiger partial charge on any atom is 0.244 e. The number of unbranched alkanes of at least 4 members (excludes halogenated alkanes) is 1. The zero-order chi connectivity index (χ0) is 28.4. The van der Waals surface area contributed by atoms with Crippen molar-refractivity contribution in [2.75, 3.05) is 23.7 Å². The topological polar surface area (TPSA) is 86.8 Å². The Hall–Kier alpha value is -3.36. The number of anilines is 1. The van der Waals surface area contributed by atoms with Gasteiger partial charge in [0.2, 0.25) is 21.8 Å². The Kier molecular flexibility index (Phi) is 10.9. The molecule has 0 saturated carbocycles. The predicted octanol–water partition coefficient (Wildman–Crippen LogP) is 4.97. The van der Waals surface area contributed by atoms with Crippen LogP contribution in [0, 0.1) is 6.92 Å². The summed E-state index contributed by atoms with van der Waals surface area (Å²) in [6.45, 7) is 3.95. The normalized spacial score (nSPS) is 12.0. The van der Waals surface area contributed by atoms with Crippen LogP contribution in [0.5, 0.6) is 0 Å². The third-order valence-electron chi connectivity index (χ3n) is 6.37. The molecular formula is C30H36ClN3O4S. The van der Waals surface area contributed by atoms with Gasteiger partial charge < -0.3 is 10.2 Å². The average molecular weight is 570 g/mol. The number of aryl methyl sites for hydroxylation is 1. The van der Waals surface area contributed by atoms with Crippen molar-refractivity contribution in [3.63, 3.8) is 0 Å². The Bertz CT molecular complexity index is 1370. The molecule has 0 aliphatic carbocycles. The van der Waals surface area contributed by atoms with Crippen LogP contribution in [0.15, 0.2) is 78.9 Å². The molecule has 0 bridgehead atoms. The summed E-state index contributed by atoms with van der Waals surface area (Å²) >= 11 is 6.47. The molecule has 3 aromatic carbocycles. The Morgan fingerprint density at radius 3 is 2.31 bits per heavy atom. The van der Waals surface area contributed by atoms with Gasteiger partial charge in [-0.25, -0.2) is 8.42 Å². The first kappa shape index (κ1) is 30.2. The summed E-state index contributed by atoms with van der Waals surface area (Å²) in [5, 5.41) is 3.42. The monoisotopic (exact) mass is 569 g/mol. The molecular weight excluding hydrogens is 534 g/mol. The molecule has 9 heteroatoms. The summed E-state index contributed by atoms with van der Waals surface area (Å²) in [5.41, 5.74) is 2.78. The molecule has 0 spiro atoms. The maximum atomic E-state index is 14.0. The molecule has 2 amide bonds. The van der Waals surface area contributed by atoms with Crippen molar-refractivity contribution in [3.8, 4) is 0 Å². The molecule has 0 aliphatic rings. The van der Waals surface area contributed by atoms with E-state index in [1.807, 2.05) is 56.3 Å². The van der Waals surface area contributed by atoms with Crippen LogP contribution in [-0.4, -0.2) is 50.5 Å². The third kappa shape index (κ3) is 8.83. The molecule has 0 heterocycles. The first-order valence-corrected chi connectivity index (χ1v) is 15.2. The smallest absolute Gasteiger partial charge is 0.244 e. The molecule has 1 N–H and O–H groups in total. The van der Waals surface area contributed by atoms with Crippen molar-refractivity contribution in [2.24, 2.45) is 0 Å². The van der Waals surface area contributed by atoms with E-state index in [9.17, 15) is 18.0 Å². The van der Waals surface area contributed by atoms with Crippen LogP contribution in [0.4, 0.5) is 5.69 Å². The van der Waals surface area contributed by atoms with Gasteiger partial charge >= 0.3 is 0 Å². The highest BCUT2D eigenvalue weighted by molar-refractivity contribution is 7.92. The zero-order valence-corrected chi connectivity index (χ0v) is 24.2. The van der Waals surface area contributed by atoms with Crippen LogP contribution in [-0.2, 0) is 32.6 Å². The van der Waals surface area contributed by atoms with Gasteiger partial charge in [-0.15, -0.1) is 0 Å². The first-order valence-electron chi connectivity index (χ1n) is 13.0. The van der Waals surface area contributed by atoms with Crippen molar-refractivity contribution in [2.45, 2.75) is 45.7 Å². The highest BCUT2D eigenvalue weighted by Gasteiger charge is 2.33. The molecule has 7 nitrogen and oxygen atoms in total. The van der Waals surface area contributed by atoms with Crippen molar-refractivity contribution >= 4 is 39.1 Å². The van der Waals surface area contributed by atoms with Crippen LogP contribution in [0.25, 0.3) is 0 Å². The van der Waals surface area contributed by atoms with E-state index in [1.54, 1.807) is 36.4 Å². The summed E-state index contributed by atoms with van der Waals surface area (Å²) in [5.74, 6) is -0.803. The van der Waals surface area contributed by atoms with E-state index in [0.717, 1.165) is 34.5 Å². The van der Waals surface area contributed by atoms with Gasteiger partial charge in [0.05, 0.1) is 11.9 Å². The molecule has 1 atom stereocenters. The standard InChI is InChI=1S/C30H36ClN3O4S/c1-4-5-18-32-30(36)28(20-24-13-7-6-8-14-24)33(21-25-15-9-10-17-27(25)31)29(35)22-34(39(3,37)38)26-16-11-12-23(2)19-26/h6-17,19,28H,4-5,18,20-22H2,1-3H3,(H,32,36)/t28-/m0/s1. The molecule has 0 unspecified atom stereocenters. The second-order valence-electron chi connectivity index (χ2n) is 9.57. The molecule has 208 valence electrons. The van der Waals surface area contributed by atoms with Crippen LogP contribution in [0.3, 0.4) is 0 Å². The lowest BCUT2D eigenvalue weighted by Crippen LogP contribution is -2.53. The van der Waals surface area contributed by atoms with E-state index in [0.29, 0.717) is 22.8 Å². The van der Waals surface area contributed by atoms with E-state index in [4.69, 9.17) is 11.6 Å². The predicted molar refractivity (Wildman–Crippen MR) is 157 cm³/mol. The van der Waals surface area contributed by atoms with E-state index in [-0.39, 0.29) is 18.9 Å². The summed E-state index contributed by atoms with van der Waals surface area (Å²) in [4.78, 5) is 29.1. The van der Waals surface area contributed by atoms with Gasteiger partial charge in [-0.1, -0.05) is 85.6 Å². The van der Waals surface area contributed by atoms with Crippen LogP contribution >= 0.6 is 11.6 Å². The van der Waals surface area contributed by atoms with Gasteiger partial charge in [0.15, 0.2) is 0 Å². The lowest BCUT2D eigenvalue weighted by molar-refractivity contribution is -0.140. The Morgan fingerprint density at radius 2 is 1.67 bits per heavy atom. The number of rotatable bonds is 13. The van der Waals surface area contributed by atoms with Crippen molar-refractivity contribution in [1.82, 2.24) is 10.2 Å². The lowest BCUT2D eigenvalue weighted by Gasteiger charge is -2.33. The molecule has 0 aliphatic heterocycles. The number of nitrogens with one attached hydrogen (secondary N) is 1. The third-order valence-corrected chi connectivity index (χ3v) is 7.88. The minimum absolute atomic E-state index is 0.0443. The SMILES string of the molecule is CCCCNC(=O)[C@H](Cc1ccccc1)N(Cc1ccccc1Cl)C(=O)CN(c1cccc(C)c1)S(C)(=O)=O. The van der Waals surface area contributed by atoms with Gasteiger partial charge in [0.25, 0.3) is 0 Å². The summed E-state index contributed by atoms with van der Waals surface area (Å²) in [6.07, 6.45) is 3.04. The van der Waals surface area contributed by atoms with E-state index in [2.05, 4.69) is 5.32 Å². The van der Waals surface area contributed by atoms with Gasteiger partial charge in [-0.05, 0) is 48.2 Å². The van der Waals surface area contributed by atoms with Gasteiger partial charge in [-0.3, -0.25) is 13.9 Å². The van der Waals surface area contributed by atoms with Crippen molar-refractivity contribution in [3.05, 3.63) is 101 Å². The fraction of sp³-hybridized carbons (Fsp3) is 0.333. The van der Waals surface area contributed by atoms with E-state index in [1.165, 1.54) is 4.90 Å². The fourth-order valence-electron chi connectivity index (χ4n) is 4.27. The fourth-order valence-corrected chi connectivity index (χ4v) is 5.30. The van der Waals surface area contributed by atoms with Crippen molar-refractivity contribution < 1.29 is 18.0 Å². The molecule has 0 fully saturated rings. The molecule has 0 aromatic heterocycles. The Morgan fingerprint density at radius 1 is 0.974 bits per heavy atom. The summed E-state index contributed by atoms with van der Waals surface area (Å²) in [6, 6.07) is 22.7. The van der Waals surface area contributed by atoms with Gasteiger partial charge in [0.1, 0.15) is 12.6 Å². The number of benzene rings is 3. The lowest BCUT2D eigenvalue weighted by atomic mass is 10.0. The zero-order valence-electron chi connectivity index (χ0n) is 22.6. The number of hydrogen-bond acceptors (Lipinski definition) is 4. The van der Waals surface area contributed by atoms with Gasteiger partial charge in [0, 0.05) is 24.5 Å². The van der Waals surface area contributed by atoms with Gasteiger partial charge in [-0.2, -0.15) is 0 Å². The van der Waals surface area contributed by atoms with E-state index < -0.39 is 28.5 Å². The molecule has 3 rings (SSSR count). The average Bonchev–Trinajstić information content (AvgIpc) is 2.90. The van der Waals surface area contributed by atoms with Crippen LogP contribution in [0.2, 0.25) is 5.02 Å². The maximum absolute atomic E-state index is 14.0. The van der Waals surface area contributed by atoms with Crippen LogP contribution in [0.1, 0.15) is 36.5 Å². The first-order chi connectivity index (χ1) is 18.6. The highest BCUT2D eigenvalue weighted by atomic mass is 35.5. The number of halogens is 1. The minimum atomic E-state index is -3.81. The number of sulfonamides is 1. The molecule has 0 saturated heterocycles. The minimum Gasteiger partial charge on any atom is -0.354 e. The number of carbonyl (C=O) groups is 2. The molecule has 3 aromatic rings. The Labute approximate surface area is 236 Å². The second kappa shape index (κ2) is 14.1. The largest absolute Gasteiger partial charge is 0.354 e. The van der Waals surface area contributed by atoms with E-state index >= 15 is 0 Å². The molecule has 0 radical (unpaired) electrons. The second-order valence-corrected chi connectivity index (χ2v) is 11.9. The Balaban J connectivity index is 2.04. The number of nitrogens with zero attached hydrogens (tertiary/aromatic N) is 2. The quantitative estimate of drug-likeness (QED) is 0.294. The summed E-state index contributed by atoms with van der Waals surface area (Å²) in [7, 11) is -3.81. The number of amides is 2.